The number of aromatic hydroxyl groups is 1. The number of phenolic OH excluding ortho intramolecular Hbond substituents is 1. The molecule has 2 aromatic rings. The number of rotatable bonds is 13. The van der Waals surface area contributed by atoms with E-state index < -0.39 is 47.9 Å². The Labute approximate surface area is 216 Å². The van der Waals surface area contributed by atoms with Crippen molar-refractivity contribution in [3.05, 3.63) is 65.7 Å². The zero-order valence-electron chi connectivity index (χ0n) is 21.3. The van der Waals surface area contributed by atoms with E-state index in [0.29, 0.717) is 5.56 Å². The van der Waals surface area contributed by atoms with Crippen LogP contribution in [0.15, 0.2) is 54.6 Å². The molecular formula is C27H36N4O6. The summed E-state index contributed by atoms with van der Waals surface area (Å²) in [6.07, 6.45) is 0.585. The highest BCUT2D eigenvalue weighted by Crippen LogP contribution is 2.12. The van der Waals surface area contributed by atoms with Crippen molar-refractivity contribution in [2.75, 3.05) is 0 Å². The number of phenols is 1. The highest BCUT2D eigenvalue weighted by Gasteiger charge is 2.29. The van der Waals surface area contributed by atoms with E-state index in [9.17, 15) is 29.4 Å². The fraction of sp³-hybridized carbons (Fsp3) is 0.407. The number of carbonyl (C=O) groups is 4. The van der Waals surface area contributed by atoms with E-state index in [2.05, 4.69) is 16.0 Å². The van der Waals surface area contributed by atoms with Crippen LogP contribution in [-0.4, -0.2) is 58.1 Å². The molecule has 2 rings (SSSR count). The van der Waals surface area contributed by atoms with Crippen molar-refractivity contribution in [1.29, 1.82) is 0 Å². The molecule has 0 aliphatic heterocycles. The third-order valence-electron chi connectivity index (χ3n) is 5.72. The second-order valence-electron chi connectivity index (χ2n) is 9.49. The number of amides is 3. The molecule has 0 heterocycles. The summed E-state index contributed by atoms with van der Waals surface area (Å²) in [5.74, 6) is -2.90. The fourth-order valence-corrected chi connectivity index (χ4v) is 3.69. The Morgan fingerprint density at radius 3 is 1.89 bits per heavy atom. The van der Waals surface area contributed by atoms with Crippen LogP contribution in [0.25, 0.3) is 0 Å². The third-order valence-corrected chi connectivity index (χ3v) is 5.72. The summed E-state index contributed by atoms with van der Waals surface area (Å²) >= 11 is 0. The highest BCUT2D eigenvalue weighted by molar-refractivity contribution is 5.94. The van der Waals surface area contributed by atoms with Gasteiger partial charge < -0.3 is 31.9 Å². The predicted octanol–water partition coefficient (Wildman–Crippen LogP) is 1.11. The average molecular weight is 513 g/mol. The molecule has 4 unspecified atom stereocenters. The van der Waals surface area contributed by atoms with E-state index in [1.807, 2.05) is 44.2 Å². The first-order valence-corrected chi connectivity index (χ1v) is 12.2. The van der Waals surface area contributed by atoms with E-state index in [-0.39, 0.29) is 30.9 Å². The van der Waals surface area contributed by atoms with E-state index in [4.69, 9.17) is 5.73 Å². The maximum Gasteiger partial charge on any atom is 0.326 e. The molecule has 10 nitrogen and oxygen atoms in total. The number of carboxylic acids is 1. The Hall–Kier alpha value is -3.92. The van der Waals surface area contributed by atoms with Crippen LogP contribution >= 0.6 is 0 Å². The summed E-state index contributed by atoms with van der Waals surface area (Å²) in [5, 5.41) is 26.6. The topological polar surface area (TPSA) is 171 Å². The molecule has 0 saturated carbocycles. The van der Waals surface area contributed by atoms with Gasteiger partial charge in [-0.15, -0.1) is 0 Å². The van der Waals surface area contributed by atoms with Gasteiger partial charge in [0, 0.05) is 6.42 Å². The van der Waals surface area contributed by atoms with Crippen LogP contribution in [0.5, 0.6) is 5.75 Å². The number of aliphatic carboxylic acids is 1. The van der Waals surface area contributed by atoms with Gasteiger partial charge >= 0.3 is 5.97 Å². The maximum absolute atomic E-state index is 13.1. The zero-order chi connectivity index (χ0) is 27.5. The lowest BCUT2D eigenvalue weighted by molar-refractivity contribution is -0.142. The second-order valence-corrected chi connectivity index (χ2v) is 9.49. The summed E-state index contributed by atoms with van der Waals surface area (Å²) < 4.78 is 0. The molecule has 3 amide bonds. The van der Waals surface area contributed by atoms with Gasteiger partial charge in [0.25, 0.3) is 0 Å². The van der Waals surface area contributed by atoms with Gasteiger partial charge in [-0.1, -0.05) is 56.3 Å². The van der Waals surface area contributed by atoms with Crippen molar-refractivity contribution in [3.8, 4) is 5.75 Å². The van der Waals surface area contributed by atoms with Crippen LogP contribution < -0.4 is 21.7 Å². The number of nitrogens with two attached hydrogens (primary N) is 1. The van der Waals surface area contributed by atoms with Gasteiger partial charge in [0.05, 0.1) is 6.04 Å². The minimum absolute atomic E-state index is 0.0382. The number of carboxylic acid groups (broad SMARTS) is 1. The lowest BCUT2D eigenvalue weighted by atomic mass is 10.0. The summed E-state index contributed by atoms with van der Waals surface area (Å²) in [6.45, 7) is 5.11. The highest BCUT2D eigenvalue weighted by atomic mass is 16.4. The summed E-state index contributed by atoms with van der Waals surface area (Å²) in [4.78, 5) is 50.1. The molecule has 4 atom stereocenters. The van der Waals surface area contributed by atoms with Crippen LogP contribution in [0.4, 0.5) is 0 Å². The standard InChI is InChI=1S/C27H36N4O6/c1-16(2)13-23(27(36)37)31-24(33)17(3)29-26(35)22(15-19-9-11-20(32)12-10-19)30-25(34)21(28)14-18-7-5-4-6-8-18/h4-12,16-17,21-23,32H,13-15,28H2,1-3H3,(H,29,35)(H,30,34)(H,31,33)(H,36,37). The number of nitrogens with one attached hydrogen (secondary N) is 3. The zero-order valence-corrected chi connectivity index (χ0v) is 21.3. The number of benzene rings is 2. The van der Waals surface area contributed by atoms with Crippen molar-refractivity contribution in [1.82, 2.24) is 16.0 Å². The van der Waals surface area contributed by atoms with Crippen molar-refractivity contribution >= 4 is 23.7 Å². The minimum Gasteiger partial charge on any atom is -0.508 e. The van der Waals surface area contributed by atoms with Crippen molar-refractivity contribution in [2.45, 2.75) is 64.2 Å². The van der Waals surface area contributed by atoms with Gasteiger partial charge in [0.1, 0.15) is 23.9 Å². The van der Waals surface area contributed by atoms with Crippen LogP contribution in [0.1, 0.15) is 38.3 Å². The molecule has 37 heavy (non-hydrogen) atoms. The number of carbonyl (C=O) groups excluding carboxylic acids is 3. The van der Waals surface area contributed by atoms with Crippen LogP contribution in [0, 0.1) is 5.92 Å². The third kappa shape index (κ3) is 9.92. The molecule has 0 radical (unpaired) electrons. The lowest BCUT2D eigenvalue weighted by Crippen LogP contribution is -2.57. The first kappa shape index (κ1) is 29.3. The van der Waals surface area contributed by atoms with Gasteiger partial charge in [-0.3, -0.25) is 14.4 Å². The largest absolute Gasteiger partial charge is 0.508 e. The summed E-state index contributed by atoms with van der Waals surface area (Å²) in [7, 11) is 0. The van der Waals surface area contributed by atoms with Gasteiger partial charge in [0.15, 0.2) is 0 Å². The van der Waals surface area contributed by atoms with Crippen LogP contribution in [0.2, 0.25) is 0 Å². The second kappa shape index (κ2) is 14.0. The molecule has 0 aliphatic carbocycles. The molecule has 0 saturated heterocycles. The van der Waals surface area contributed by atoms with Gasteiger partial charge in [0.2, 0.25) is 17.7 Å². The van der Waals surface area contributed by atoms with Gasteiger partial charge in [-0.2, -0.15) is 0 Å². The molecule has 10 heteroatoms. The van der Waals surface area contributed by atoms with Crippen molar-refractivity contribution < 1.29 is 29.4 Å². The SMILES string of the molecule is CC(C)CC(NC(=O)C(C)NC(=O)C(Cc1ccc(O)cc1)NC(=O)C(N)Cc1ccccc1)C(=O)O. The Kier molecular flexibility index (Phi) is 11.1. The van der Waals surface area contributed by atoms with E-state index in [1.54, 1.807) is 12.1 Å². The van der Waals surface area contributed by atoms with E-state index >= 15 is 0 Å². The Balaban J connectivity index is 2.11. The molecular weight excluding hydrogens is 476 g/mol. The Morgan fingerprint density at radius 1 is 0.757 bits per heavy atom. The van der Waals surface area contributed by atoms with E-state index in [1.165, 1.54) is 19.1 Å². The van der Waals surface area contributed by atoms with Crippen molar-refractivity contribution in [3.63, 3.8) is 0 Å². The molecule has 0 spiro atoms. The normalized spacial score (nSPS) is 14.2. The van der Waals surface area contributed by atoms with Crippen LogP contribution in [0.3, 0.4) is 0 Å². The average Bonchev–Trinajstić information content (AvgIpc) is 2.84. The van der Waals surface area contributed by atoms with Crippen molar-refractivity contribution in [2.24, 2.45) is 11.7 Å². The Morgan fingerprint density at radius 2 is 1.32 bits per heavy atom. The van der Waals surface area contributed by atoms with Gasteiger partial charge in [-0.05, 0) is 48.9 Å². The molecule has 2 aromatic carbocycles. The first-order chi connectivity index (χ1) is 17.5. The van der Waals surface area contributed by atoms with Gasteiger partial charge in [-0.25, -0.2) is 4.79 Å². The quantitative estimate of drug-likeness (QED) is 0.233. The molecule has 0 aliphatic rings. The number of hydrogen-bond donors (Lipinski definition) is 6. The monoisotopic (exact) mass is 512 g/mol. The molecule has 7 N–H and O–H groups in total. The first-order valence-electron chi connectivity index (χ1n) is 12.2. The summed E-state index contributed by atoms with van der Waals surface area (Å²) in [5.41, 5.74) is 7.61. The number of hydrogen-bond acceptors (Lipinski definition) is 6. The molecule has 0 aromatic heterocycles. The lowest BCUT2D eigenvalue weighted by Gasteiger charge is -2.24. The minimum atomic E-state index is -1.16. The van der Waals surface area contributed by atoms with E-state index in [0.717, 1.165) is 5.56 Å². The fourth-order valence-electron chi connectivity index (χ4n) is 3.69. The van der Waals surface area contributed by atoms with Crippen LogP contribution in [-0.2, 0) is 32.0 Å². The molecule has 0 bridgehead atoms. The molecule has 0 fully saturated rings. The Bertz CT molecular complexity index is 1060. The molecule has 200 valence electrons. The maximum atomic E-state index is 13.1. The smallest absolute Gasteiger partial charge is 0.326 e. The summed E-state index contributed by atoms with van der Waals surface area (Å²) in [6, 6.07) is 11.2. The predicted molar refractivity (Wildman–Crippen MR) is 138 cm³/mol.